The molecule has 0 spiro atoms. The Morgan fingerprint density at radius 1 is 1.15 bits per heavy atom. The molecule has 2 aliphatic rings. The smallest absolute Gasteiger partial charge is 0.119 e. The second kappa shape index (κ2) is 6.17. The zero-order valence-electron chi connectivity index (χ0n) is 12.8. The third-order valence-corrected chi connectivity index (χ3v) is 5.25. The van der Waals surface area contributed by atoms with E-state index in [2.05, 4.69) is 30.4 Å². The van der Waals surface area contributed by atoms with Crippen LogP contribution >= 0.6 is 0 Å². The maximum absolute atomic E-state index is 5.38. The molecule has 20 heavy (non-hydrogen) atoms. The van der Waals surface area contributed by atoms with Crippen molar-refractivity contribution in [2.45, 2.75) is 64.0 Å². The largest absolute Gasteiger partial charge is 0.497 e. The minimum absolute atomic E-state index is 0.525. The lowest BCUT2D eigenvalue weighted by atomic mass is 9.84. The molecule has 3 rings (SSSR count). The number of hydrogen-bond acceptors (Lipinski definition) is 2. The van der Waals surface area contributed by atoms with E-state index in [1.165, 1.54) is 56.1 Å². The molecule has 1 fully saturated rings. The summed E-state index contributed by atoms with van der Waals surface area (Å²) in [5, 5.41) is 3.90. The van der Waals surface area contributed by atoms with Gasteiger partial charge in [0.05, 0.1) is 7.11 Å². The van der Waals surface area contributed by atoms with Crippen LogP contribution in [0.25, 0.3) is 0 Å². The highest BCUT2D eigenvalue weighted by atomic mass is 16.5. The zero-order chi connectivity index (χ0) is 13.9. The summed E-state index contributed by atoms with van der Waals surface area (Å²) >= 11 is 0. The Balaban J connectivity index is 1.67. The van der Waals surface area contributed by atoms with E-state index in [1.54, 1.807) is 7.11 Å². The van der Waals surface area contributed by atoms with Crippen molar-refractivity contribution in [3.63, 3.8) is 0 Å². The molecule has 0 saturated heterocycles. The summed E-state index contributed by atoms with van der Waals surface area (Å²) < 4.78 is 5.38. The van der Waals surface area contributed by atoms with Gasteiger partial charge in [0.25, 0.3) is 0 Å². The average molecular weight is 273 g/mol. The highest BCUT2D eigenvalue weighted by molar-refractivity contribution is 5.40. The molecule has 2 aliphatic carbocycles. The minimum Gasteiger partial charge on any atom is -0.497 e. The molecule has 1 N–H and O–H groups in total. The monoisotopic (exact) mass is 273 g/mol. The van der Waals surface area contributed by atoms with E-state index in [1.807, 2.05) is 0 Å². The third kappa shape index (κ3) is 2.85. The van der Waals surface area contributed by atoms with E-state index in [0.717, 1.165) is 11.7 Å². The first-order valence-corrected chi connectivity index (χ1v) is 8.21. The summed E-state index contributed by atoms with van der Waals surface area (Å²) in [6.45, 7) is 2.38. The lowest BCUT2D eigenvalue weighted by Gasteiger charge is -2.31. The fraction of sp³-hybridized carbons (Fsp3) is 0.667. The van der Waals surface area contributed by atoms with Crippen LogP contribution in [0.15, 0.2) is 18.2 Å². The molecule has 0 aliphatic heterocycles. The van der Waals surface area contributed by atoms with Crippen molar-refractivity contribution in [3.8, 4) is 5.75 Å². The standard InChI is InChI=1S/C18H27NO/c1-13(14-6-4-3-5-7-14)19-18-11-9-15-8-10-16(20-2)12-17(15)18/h8,10,12-14,18-19H,3-7,9,11H2,1-2H3. The zero-order valence-corrected chi connectivity index (χ0v) is 12.8. The van der Waals surface area contributed by atoms with E-state index < -0.39 is 0 Å². The summed E-state index contributed by atoms with van der Waals surface area (Å²) in [5.74, 6) is 1.86. The lowest BCUT2D eigenvalue weighted by molar-refractivity contribution is 0.264. The topological polar surface area (TPSA) is 21.3 Å². The Morgan fingerprint density at radius 3 is 2.70 bits per heavy atom. The lowest BCUT2D eigenvalue weighted by Crippen LogP contribution is -2.36. The number of nitrogens with one attached hydrogen (secondary N) is 1. The van der Waals surface area contributed by atoms with Crippen molar-refractivity contribution in [3.05, 3.63) is 29.3 Å². The van der Waals surface area contributed by atoms with Crippen LogP contribution in [0.4, 0.5) is 0 Å². The van der Waals surface area contributed by atoms with Crippen molar-refractivity contribution in [1.29, 1.82) is 0 Å². The summed E-state index contributed by atoms with van der Waals surface area (Å²) in [6, 6.07) is 7.72. The van der Waals surface area contributed by atoms with Gasteiger partial charge in [-0.05, 0) is 61.8 Å². The van der Waals surface area contributed by atoms with Crippen LogP contribution in [0.5, 0.6) is 5.75 Å². The Bertz CT molecular complexity index is 451. The molecule has 0 radical (unpaired) electrons. The fourth-order valence-corrected chi connectivity index (χ4v) is 3.97. The Kier molecular flexibility index (Phi) is 4.30. The summed E-state index contributed by atoms with van der Waals surface area (Å²) in [6.07, 6.45) is 9.54. The average Bonchev–Trinajstić information content (AvgIpc) is 2.90. The van der Waals surface area contributed by atoms with Gasteiger partial charge in [0.1, 0.15) is 5.75 Å². The number of ether oxygens (including phenoxy) is 1. The van der Waals surface area contributed by atoms with Crippen molar-refractivity contribution >= 4 is 0 Å². The van der Waals surface area contributed by atoms with E-state index in [-0.39, 0.29) is 0 Å². The van der Waals surface area contributed by atoms with Crippen molar-refractivity contribution in [1.82, 2.24) is 5.32 Å². The molecular weight excluding hydrogens is 246 g/mol. The van der Waals surface area contributed by atoms with Crippen molar-refractivity contribution in [2.75, 3.05) is 7.11 Å². The maximum atomic E-state index is 5.38. The molecule has 2 nitrogen and oxygen atoms in total. The predicted molar refractivity (Wildman–Crippen MR) is 83.2 cm³/mol. The Labute approximate surface area is 122 Å². The third-order valence-electron chi connectivity index (χ3n) is 5.25. The highest BCUT2D eigenvalue weighted by Crippen LogP contribution is 2.35. The van der Waals surface area contributed by atoms with Gasteiger partial charge in [-0.3, -0.25) is 0 Å². The molecule has 0 heterocycles. The van der Waals surface area contributed by atoms with E-state index in [9.17, 15) is 0 Å². The van der Waals surface area contributed by atoms with Crippen LogP contribution in [-0.4, -0.2) is 13.2 Å². The number of benzene rings is 1. The summed E-state index contributed by atoms with van der Waals surface area (Å²) in [5.41, 5.74) is 2.96. The molecule has 0 amide bonds. The number of fused-ring (bicyclic) bond motifs is 1. The van der Waals surface area contributed by atoms with Crippen molar-refractivity contribution < 1.29 is 4.74 Å². The normalized spacial score (nSPS) is 24.4. The number of aryl methyl sites for hydroxylation is 1. The molecule has 0 aromatic heterocycles. The van der Waals surface area contributed by atoms with Crippen molar-refractivity contribution in [2.24, 2.45) is 5.92 Å². The second-order valence-corrected chi connectivity index (χ2v) is 6.51. The van der Waals surface area contributed by atoms with Crippen LogP contribution < -0.4 is 10.1 Å². The summed E-state index contributed by atoms with van der Waals surface area (Å²) in [4.78, 5) is 0. The first-order valence-electron chi connectivity index (χ1n) is 8.21. The minimum atomic E-state index is 0.525. The molecule has 0 bridgehead atoms. The number of methoxy groups -OCH3 is 1. The van der Waals surface area contributed by atoms with Gasteiger partial charge in [-0.15, -0.1) is 0 Å². The molecule has 1 aromatic carbocycles. The van der Waals surface area contributed by atoms with Gasteiger partial charge in [-0.1, -0.05) is 25.3 Å². The van der Waals surface area contributed by atoms with Gasteiger partial charge >= 0.3 is 0 Å². The van der Waals surface area contributed by atoms with E-state index in [0.29, 0.717) is 12.1 Å². The van der Waals surface area contributed by atoms with Crippen LogP contribution in [0.2, 0.25) is 0 Å². The predicted octanol–water partition coefficient (Wildman–Crippen LogP) is 4.24. The molecule has 110 valence electrons. The van der Waals surface area contributed by atoms with Crippen LogP contribution in [0, 0.1) is 5.92 Å². The van der Waals surface area contributed by atoms with Gasteiger partial charge in [0, 0.05) is 12.1 Å². The molecule has 2 heteroatoms. The number of hydrogen-bond donors (Lipinski definition) is 1. The van der Waals surface area contributed by atoms with Gasteiger partial charge in [-0.2, -0.15) is 0 Å². The summed E-state index contributed by atoms with van der Waals surface area (Å²) in [7, 11) is 1.75. The fourth-order valence-electron chi connectivity index (χ4n) is 3.97. The SMILES string of the molecule is COc1ccc2c(c1)C(NC(C)C1CCCCC1)CC2. The van der Waals surface area contributed by atoms with Crippen LogP contribution in [0.1, 0.15) is 62.6 Å². The maximum Gasteiger partial charge on any atom is 0.119 e. The molecule has 2 atom stereocenters. The molecule has 1 saturated carbocycles. The first kappa shape index (κ1) is 13.9. The van der Waals surface area contributed by atoms with E-state index in [4.69, 9.17) is 4.74 Å². The Morgan fingerprint density at radius 2 is 1.95 bits per heavy atom. The van der Waals surface area contributed by atoms with E-state index >= 15 is 0 Å². The van der Waals surface area contributed by atoms with Crippen LogP contribution in [0.3, 0.4) is 0 Å². The Hall–Kier alpha value is -1.02. The number of rotatable bonds is 4. The molecular formula is C18H27NO. The van der Waals surface area contributed by atoms with Crippen LogP contribution in [-0.2, 0) is 6.42 Å². The van der Waals surface area contributed by atoms with Gasteiger partial charge in [0.2, 0.25) is 0 Å². The second-order valence-electron chi connectivity index (χ2n) is 6.51. The molecule has 1 aromatic rings. The molecule has 2 unspecified atom stereocenters. The highest BCUT2D eigenvalue weighted by Gasteiger charge is 2.27. The van der Waals surface area contributed by atoms with Gasteiger partial charge in [-0.25, -0.2) is 0 Å². The van der Waals surface area contributed by atoms with Gasteiger partial charge < -0.3 is 10.1 Å². The quantitative estimate of drug-likeness (QED) is 0.886. The first-order chi connectivity index (χ1) is 9.78. The van der Waals surface area contributed by atoms with Gasteiger partial charge in [0.15, 0.2) is 0 Å².